The molecular weight excluding hydrogens is 388 g/mol. The number of Topliss-reactive ketones (excluding diaryl/α,β-unsaturated/α-hetero) is 1. The Balaban J connectivity index is 0.00000364. The number of carbonyl (C=O) groups excluding carboxylic acids is 2. The Morgan fingerprint density at radius 3 is 2.63 bits per heavy atom. The Hall–Kier alpha value is -1.12. The van der Waals surface area contributed by atoms with Crippen LogP contribution in [0.4, 0.5) is 0 Å². The van der Waals surface area contributed by atoms with E-state index in [1.807, 2.05) is 7.05 Å². The molecule has 1 atom stereocenters. The minimum atomic E-state index is -0.536. The highest BCUT2D eigenvalue weighted by atomic mass is 35.5. The van der Waals surface area contributed by atoms with Gasteiger partial charge in [-0.15, -0.1) is 22.6 Å². The molecule has 0 saturated heterocycles. The number of hydrogen-bond acceptors (Lipinski definition) is 7. The molecule has 1 aromatic heterocycles. The largest absolute Gasteiger partial charge is 0.408 e. The molecule has 27 heavy (non-hydrogen) atoms. The smallest absolute Gasteiger partial charge is 0.286 e. The van der Waals surface area contributed by atoms with Crippen LogP contribution in [0.3, 0.4) is 0 Å². The first-order valence-electron chi connectivity index (χ1n) is 9.44. The molecule has 1 N–H and O–H groups in total. The van der Waals surface area contributed by atoms with Gasteiger partial charge < -0.3 is 14.6 Å². The average Bonchev–Trinajstić information content (AvgIpc) is 3.11. The zero-order valence-corrected chi connectivity index (χ0v) is 18.0. The van der Waals surface area contributed by atoms with Gasteiger partial charge in [0.15, 0.2) is 0 Å². The maximum absolute atomic E-state index is 13.0. The number of halogens is 1. The Morgan fingerprint density at radius 2 is 2.04 bits per heavy atom. The maximum Gasteiger partial charge on any atom is 0.286 e. The van der Waals surface area contributed by atoms with E-state index in [2.05, 4.69) is 29.4 Å². The molecule has 1 aliphatic carbocycles. The molecule has 1 fully saturated rings. The molecule has 0 aliphatic heterocycles. The molecule has 1 heterocycles. The summed E-state index contributed by atoms with van der Waals surface area (Å²) in [6.45, 7) is 4.92. The van der Waals surface area contributed by atoms with Gasteiger partial charge in [0.1, 0.15) is 6.04 Å². The van der Waals surface area contributed by atoms with Crippen molar-refractivity contribution in [1.29, 1.82) is 0 Å². The Morgan fingerprint density at radius 1 is 1.33 bits per heavy atom. The molecule has 0 unspecified atom stereocenters. The average molecular weight is 419 g/mol. The van der Waals surface area contributed by atoms with Crippen molar-refractivity contribution in [2.45, 2.75) is 69.7 Å². The second kappa shape index (κ2) is 12.4. The summed E-state index contributed by atoms with van der Waals surface area (Å²) in [5.41, 5.74) is 0. The number of nitrogens with one attached hydrogen (secondary N) is 1. The van der Waals surface area contributed by atoms with Crippen LogP contribution in [-0.2, 0) is 4.79 Å². The van der Waals surface area contributed by atoms with Gasteiger partial charge in [0, 0.05) is 18.3 Å². The fraction of sp³-hybridized carbons (Fsp3) is 0.778. The Labute approximate surface area is 171 Å². The quantitative estimate of drug-likeness (QED) is 0.255. The molecule has 1 aliphatic rings. The van der Waals surface area contributed by atoms with E-state index in [0.29, 0.717) is 11.6 Å². The van der Waals surface area contributed by atoms with Crippen LogP contribution < -0.4 is 5.32 Å². The van der Waals surface area contributed by atoms with Crippen LogP contribution in [0, 0.1) is 5.92 Å². The standard InChI is InChI=1S/C18H30N4O3S.ClH/c1-13(2)11-15(22(12-23)14-7-5-4-6-8-14)16(24)17-20-21-18(25-17)26-10-9-19-3;/h12-15,19H,4-11H2,1-3H3;1H/t15-;/m0./s1. The third kappa shape index (κ3) is 7.08. The van der Waals surface area contributed by atoms with E-state index in [-0.39, 0.29) is 36.0 Å². The van der Waals surface area contributed by atoms with Crippen LogP contribution in [0.2, 0.25) is 0 Å². The van der Waals surface area contributed by atoms with Crippen molar-refractivity contribution in [3.8, 4) is 0 Å². The lowest BCUT2D eigenvalue weighted by atomic mass is 9.91. The summed E-state index contributed by atoms with van der Waals surface area (Å²) in [5.74, 6) is 0.821. The van der Waals surface area contributed by atoms with Crippen molar-refractivity contribution >= 4 is 36.4 Å². The van der Waals surface area contributed by atoms with Crippen LogP contribution in [0.1, 0.15) is 63.1 Å². The van der Waals surface area contributed by atoms with Gasteiger partial charge in [0.2, 0.25) is 12.2 Å². The number of rotatable bonds is 11. The summed E-state index contributed by atoms with van der Waals surface area (Å²) in [6.07, 6.45) is 6.74. The highest BCUT2D eigenvalue weighted by Gasteiger charge is 2.35. The van der Waals surface area contributed by atoms with Gasteiger partial charge >= 0.3 is 0 Å². The van der Waals surface area contributed by atoms with Gasteiger partial charge in [-0.05, 0) is 32.2 Å². The fourth-order valence-electron chi connectivity index (χ4n) is 3.35. The third-order valence-electron chi connectivity index (χ3n) is 4.67. The maximum atomic E-state index is 13.0. The number of hydrogen-bond donors (Lipinski definition) is 1. The van der Waals surface area contributed by atoms with Crippen molar-refractivity contribution in [3.63, 3.8) is 0 Å². The molecule has 0 radical (unpaired) electrons. The highest BCUT2D eigenvalue weighted by Crippen LogP contribution is 2.27. The second-order valence-corrected chi connectivity index (χ2v) is 8.23. The van der Waals surface area contributed by atoms with E-state index in [1.54, 1.807) is 4.90 Å². The van der Waals surface area contributed by atoms with E-state index in [9.17, 15) is 9.59 Å². The van der Waals surface area contributed by atoms with Crippen LogP contribution in [0.25, 0.3) is 0 Å². The van der Waals surface area contributed by atoms with Gasteiger partial charge in [-0.25, -0.2) is 0 Å². The van der Waals surface area contributed by atoms with E-state index >= 15 is 0 Å². The van der Waals surface area contributed by atoms with Crippen molar-refractivity contribution in [3.05, 3.63) is 5.89 Å². The molecule has 0 spiro atoms. The van der Waals surface area contributed by atoms with E-state index in [1.165, 1.54) is 18.2 Å². The summed E-state index contributed by atoms with van der Waals surface area (Å²) in [7, 11) is 1.87. The third-order valence-corrected chi connectivity index (χ3v) is 5.49. The first-order valence-corrected chi connectivity index (χ1v) is 10.4. The molecule has 154 valence electrons. The van der Waals surface area contributed by atoms with Crippen LogP contribution >= 0.6 is 24.2 Å². The summed E-state index contributed by atoms with van der Waals surface area (Å²) < 4.78 is 5.56. The van der Waals surface area contributed by atoms with E-state index in [0.717, 1.165) is 44.4 Å². The van der Waals surface area contributed by atoms with Crippen LogP contribution in [0.15, 0.2) is 9.64 Å². The van der Waals surface area contributed by atoms with Crippen molar-refractivity contribution in [2.75, 3.05) is 19.3 Å². The first kappa shape index (κ1) is 23.9. The number of carbonyl (C=O) groups is 2. The van der Waals surface area contributed by atoms with Crippen molar-refractivity contribution < 1.29 is 14.0 Å². The zero-order valence-electron chi connectivity index (χ0n) is 16.3. The fourth-order valence-corrected chi connectivity index (χ4v) is 4.07. The SMILES string of the molecule is CNCCSc1nnc(C(=O)[C@H](CC(C)C)N(C=O)C2CCCCC2)o1.Cl. The lowest BCUT2D eigenvalue weighted by Gasteiger charge is -2.36. The Bertz CT molecular complexity index is 579. The van der Waals surface area contributed by atoms with Gasteiger partial charge in [-0.2, -0.15) is 0 Å². The summed E-state index contributed by atoms with van der Waals surface area (Å²) >= 11 is 1.41. The van der Waals surface area contributed by atoms with E-state index < -0.39 is 6.04 Å². The van der Waals surface area contributed by atoms with Crippen molar-refractivity contribution in [2.24, 2.45) is 5.92 Å². The van der Waals surface area contributed by atoms with Crippen LogP contribution in [0.5, 0.6) is 0 Å². The number of nitrogens with zero attached hydrogens (tertiary/aromatic N) is 3. The van der Waals surface area contributed by atoms with Gasteiger partial charge in [0.25, 0.3) is 11.1 Å². The zero-order chi connectivity index (χ0) is 18.9. The number of ketones is 1. The number of amides is 1. The second-order valence-electron chi connectivity index (χ2n) is 7.18. The monoisotopic (exact) mass is 418 g/mol. The molecule has 9 heteroatoms. The molecule has 7 nitrogen and oxygen atoms in total. The van der Waals surface area contributed by atoms with Crippen LogP contribution in [-0.4, -0.2) is 58.7 Å². The topological polar surface area (TPSA) is 88.3 Å². The Kier molecular flexibility index (Phi) is 10.9. The number of thioether (sulfide) groups is 1. The van der Waals surface area contributed by atoms with Gasteiger partial charge in [-0.1, -0.05) is 44.9 Å². The summed E-state index contributed by atoms with van der Waals surface area (Å²) in [6, 6.07) is -0.410. The molecular formula is C18H31ClN4O3S. The summed E-state index contributed by atoms with van der Waals surface area (Å²) in [5, 5.41) is 11.3. The molecule has 2 rings (SSSR count). The lowest BCUT2D eigenvalue weighted by molar-refractivity contribution is -0.122. The summed E-state index contributed by atoms with van der Waals surface area (Å²) in [4.78, 5) is 26.6. The number of aromatic nitrogens is 2. The lowest BCUT2D eigenvalue weighted by Crippen LogP contribution is -2.48. The molecule has 0 bridgehead atoms. The highest BCUT2D eigenvalue weighted by molar-refractivity contribution is 7.99. The van der Waals surface area contributed by atoms with Crippen molar-refractivity contribution in [1.82, 2.24) is 20.4 Å². The van der Waals surface area contributed by atoms with Gasteiger partial charge in [0.05, 0.1) is 0 Å². The first-order chi connectivity index (χ1) is 12.6. The minimum Gasteiger partial charge on any atom is -0.408 e. The molecule has 1 saturated carbocycles. The predicted octanol–water partition coefficient (Wildman–Crippen LogP) is 3.19. The normalized spacial score (nSPS) is 16.0. The molecule has 0 aromatic carbocycles. The molecule has 1 aromatic rings. The molecule has 1 amide bonds. The predicted molar refractivity (Wildman–Crippen MR) is 109 cm³/mol. The van der Waals surface area contributed by atoms with Gasteiger partial charge in [-0.3, -0.25) is 9.59 Å². The minimum absolute atomic E-state index is 0. The van der Waals surface area contributed by atoms with E-state index in [4.69, 9.17) is 4.42 Å².